The number of amides is 2. The maximum atomic E-state index is 12.1. The number of nitrogens with one attached hydrogen (secondary N) is 2. The number of rotatable bonds is 4. The summed E-state index contributed by atoms with van der Waals surface area (Å²) in [5, 5.41) is 11.0. The number of hydrogen-bond donors (Lipinski definition) is 2. The molecule has 2 aromatic heterocycles. The Morgan fingerprint density at radius 2 is 2.08 bits per heavy atom. The molecule has 3 heterocycles. The molecule has 2 amide bonds. The van der Waals surface area contributed by atoms with Crippen molar-refractivity contribution >= 4 is 22.8 Å². The number of fused-ring (bicyclic) bond motifs is 1. The summed E-state index contributed by atoms with van der Waals surface area (Å²) in [6.45, 7) is 9.28. The minimum Gasteiger partial charge on any atom is -0.373 e. The molecule has 2 N–H and O–H groups in total. The van der Waals surface area contributed by atoms with Crippen LogP contribution in [0, 0.1) is 6.92 Å². The number of morpholine rings is 1. The average Bonchev–Trinajstić information content (AvgIpc) is 2.80. The van der Waals surface area contributed by atoms with Gasteiger partial charge in [0.05, 0.1) is 29.8 Å². The van der Waals surface area contributed by atoms with E-state index in [2.05, 4.69) is 39.5 Å². The van der Waals surface area contributed by atoms with Crippen LogP contribution in [0.15, 0.2) is 12.3 Å². The minimum atomic E-state index is -0.225. The molecule has 0 bridgehead atoms. The highest BCUT2D eigenvalue weighted by Gasteiger charge is 2.21. The molecule has 8 nitrogen and oxygen atoms in total. The molecule has 0 saturated carbocycles. The number of aromatic nitrogens is 3. The lowest BCUT2D eigenvalue weighted by atomic mass is 10.2. The van der Waals surface area contributed by atoms with Gasteiger partial charge in [-0.1, -0.05) is 0 Å². The fourth-order valence-electron chi connectivity index (χ4n) is 3.35. The summed E-state index contributed by atoms with van der Waals surface area (Å²) in [6, 6.07) is 1.67. The van der Waals surface area contributed by atoms with Gasteiger partial charge >= 0.3 is 6.03 Å². The third-order valence-electron chi connectivity index (χ3n) is 4.33. The smallest absolute Gasteiger partial charge is 0.319 e. The molecule has 25 heavy (non-hydrogen) atoms. The molecule has 0 aliphatic carbocycles. The number of carbonyl (C=O) groups is 1. The van der Waals surface area contributed by atoms with Crippen LogP contribution < -0.4 is 10.6 Å². The Bertz CT molecular complexity index is 749. The number of hydrogen-bond acceptors (Lipinski definition) is 5. The van der Waals surface area contributed by atoms with Crippen LogP contribution in [0.3, 0.4) is 0 Å². The van der Waals surface area contributed by atoms with Crippen molar-refractivity contribution in [1.82, 2.24) is 25.0 Å². The molecule has 0 radical (unpaired) electrons. The van der Waals surface area contributed by atoms with Crippen LogP contribution >= 0.6 is 0 Å². The highest BCUT2D eigenvalue weighted by atomic mass is 16.5. The molecule has 136 valence electrons. The number of aryl methyl sites for hydroxylation is 2. The highest BCUT2D eigenvalue weighted by molar-refractivity contribution is 5.91. The lowest BCUT2D eigenvalue weighted by Gasteiger charge is -2.35. The Labute approximate surface area is 147 Å². The maximum absolute atomic E-state index is 12.1. The van der Waals surface area contributed by atoms with Gasteiger partial charge in [-0.15, -0.1) is 0 Å². The molecule has 0 unspecified atom stereocenters. The van der Waals surface area contributed by atoms with E-state index < -0.39 is 0 Å². The maximum Gasteiger partial charge on any atom is 0.319 e. The molecule has 3 rings (SSSR count). The summed E-state index contributed by atoms with van der Waals surface area (Å²) >= 11 is 0. The van der Waals surface area contributed by atoms with Gasteiger partial charge in [0, 0.05) is 38.6 Å². The van der Waals surface area contributed by atoms with Crippen molar-refractivity contribution in [1.29, 1.82) is 0 Å². The normalized spacial score (nSPS) is 21.4. The van der Waals surface area contributed by atoms with E-state index in [-0.39, 0.29) is 18.2 Å². The van der Waals surface area contributed by atoms with Crippen LogP contribution in [-0.2, 0) is 11.8 Å². The SMILES string of the molecule is Cc1nn(C)c2ncc(NC(=O)NCCN3C[C@@H](C)O[C@@H](C)C3)cc12. The number of anilines is 1. The molecule has 1 aliphatic heterocycles. The molecular formula is C17H26N6O2. The Balaban J connectivity index is 1.50. The Hall–Kier alpha value is -2.19. The van der Waals surface area contributed by atoms with E-state index in [4.69, 9.17) is 4.74 Å². The van der Waals surface area contributed by atoms with E-state index in [1.54, 1.807) is 10.9 Å². The summed E-state index contributed by atoms with van der Waals surface area (Å²) in [6.07, 6.45) is 2.12. The lowest BCUT2D eigenvalue weighted by molar-refractivity contribution is -0.0672. The molecule has 1 aliphatic rings. The number of carbonyl (C=O) groups excluding carboxylic acids is 1. The topological polar surface area (TPSA) is 84.3 Å². The second kappa shape index (κ2) is 7.37. The predicted molar refractivity (Wildman–Crippen MR) is 96.7 cm³/mol. The molecule has 2 atom stereocenters. The monoisotopic (exact) mass is 346 g/mol. The molecule has 1 fully saturated rings. The van der Waals surface area contributed by atoms with E-state index in [1.807, 2.05) is 20.0 Å². The quantitative estimate of drug-likeness (QED) is 0.877. The fraction of sp³-hybridized carbons (Fsp3) is 0.588. The number of nitrogens with zero attached hydrogens (tertiary/aromatic N) is 4. The zero-order valence-electron chi connectivity index (χ0n) is 15.2. The fourth-order valence-corrected chi connectivity index (χ4v) is 3.35. The van der Waals surface area contributed by atoms with Crippen LogP contribution in [0.25, 0.3) is 11.0 Å². The zero-order valence-corrected chi connectivity index (χ0v) is 15.2. The van der Waals surface area contributed by atoms with E-state index in [9.17, 15) is 4.79 Å². The van der Waals surface area contributed by atoms with Gasteiger partial charge in [-0.25, -0.2) is 9.78 Å². The first-order valence-corrected chi connectivity index (χ1v) is 8.64. The summed E-state index contributed by atoms with van der Waals surface area (Å²) in [7, 11) is 1.86. The largest absolute Gasteiger partial charge is 0.373 e. The number of urea groups is 1. The van der Waals surface area contributed by atoms with Crippen molar-refractivity contribution in [2.45, 2.75) is 33.0 Å². The van der Waals surface area contributed by atoms with Gasteiger partial charge in [-0.2, -0.15) is 5.10 Å². The molecule has 8 heteroatoms. The van der Waals surface area contributed by atoms with E-state index in [0.29, 0.717) is 12.2 Å². The van der Waals surface area contributed by atoms with Crippen LogP contribution in [0.5, 0.6) is 0 Å². The van der Waals surface area contributed by atoms with Crippen LogP contribution in [0.2, 0.25) is 0 Å². The van der Waals surface area contributed by atoms with Crippen molar-refractivity contribution in [3.05, 3.63) is 18.0 Å². The molecular weight excluding hydrogens is 320 g/mol. The minimum absolute atomic E-state index is 0.225. The number of ether oxygens (including phenoxy) is 1. The third kappa shape index (κ3) is 4.26. The third-order valence-corrected chi connectivity index (χ3v) is 4.33. The zero-order chi connectivity index (χ0) is 18.0. The standard InChI is InChI=1S/C17H26N6O2/c1-11-9-23(10-12(2)25-11)6-5-18-17(24)20-14-7-15-13(3)21-22(4)16(15)19-8-14/h7-8,11-12H,5-6,9-10H2,1-4H3,(H2,18,20,24)/t11-,12+. The van der Waals surface area contributed by atoms with Crippen molar-refractivity contribution in [2.24, 2.45) is 7.05 Å². The second-order valence-corrected chi connectivity index (χ2v) is 6.70. The molecule has 1 saturated heterocycles. The van der Waals surface area contributed by atoms with Gasteiger partial charge in [-0.3, -0.25) is 9.58 Å². The predicted octanol–water partition coefficient (Wildman–Crippen LogP) is 1.51. The number of pyridine rings is 1. The van der Waals surface area contributed by atoms with Crippen LogP contribution in [0.4, 0.5) is 10.5 Å². The van der Waals surface area contributed by atoms with Gasteiger partial charge in [0.1, 0.15) is 0 Å². The van der Waals surface area contributed by atoms with Gasteiger partial charge < -0.3 is 15.4 Å². The van der Waals surface area contributed by atoms with Gasteiger partial charge in [0.2, 0.25) is 0 Å². The first-order chi connectivity index (χ1) is 11.9. The molecule has 0 spiro atoms. The summed E-state index contributed by atoms with van der Waals surface area (Å²) in [4.78, 5) is 18.8. The van der Waals surface area contributed by atoms with E-state index in [0.717, 1.165) is 36.4 Å². The summed E-state index contributed by atoms with van der Waals surface area (Å²) < 4.78 is 7.45. The van der Waals surface area contributed by atoms with Gasteiger partial charge in [-0.05, 0) is 26.8 Å². The summed E-state index contributed by atoms with van der Waals surface area (Å²) in [5.74, 6) is 0. The van der Waals surface area contributed by atoms with E-state index >= 15 is 0 Å². The van der Waals surface area contributed by atoms with E-state index in [1.165, 1.54) is 0 Å². The average molecular weight is 346 g/mol. The van der Waals surface area contributed by atoms with Crippen molar-refractivity contribution in [3.8, 4) is 0 Å². The first kappa shape index (κ1) is 17.6. The van der Waals surface area contributed by atoms with Crippen molar-refractivity contribution in [2.75, 3.05) is 31.5 Å². The van der Waals surface area contributed by atoms with Crippen LogP contribution in [-0.4, -0.2) is 64.1 Å². The molecule has 0 aromatic carbocycles. The van der Waals surface area contributed by atoms with Crippen LogP contribution in [0.1, 0.15) is 19.5 Å². The highest BCUT2D eigenvalue weighted by Crippen LogP contribution is 2.19. The van der Waals surface area contributed by atoms with Gasteiger partial charge in [0.15, 0.2) is 5.65 Å². The lowest BCUT2D eigenvalue weighted by Crippen LogP contribution is -2.48. The van der Waals surface area contributed by atoms with Crippen molar-refractivity contribution < 1.29 is 9.53 Å². The Morgan fingerprint density at radius 3 is 2.80 bits per heavy atom. The molecule has 2 aromatic rings. The Kier molecular flexibility index (Phi) is 5.19. The van der Waals surface area contributed by atoms with Gasteiger partial charge in [0.25, 0.3) is 0 Å². The first-order valence-electron chi connectivity index (χ1n) is 8.64. The summed E-state index contributed by atoms with van der Waals surface area (Å²) in [5.41, 5.74) is 2.36. The second-order valence-electron chi connectivity index (χ2n) is 6.70. The Morgan fingerprint density at radius 1 is 1.36 bits per heavy atom. The van der Waals surface area contributed by atoms with Crippen molar-refractivity contribution in [3.63, 3.8) is 0 Å².